The molecule has 1 aliphatic heterocycles. The second-order valence-electron chi connectivity index (χ2n) is 6.05. The number of anilines is 1. The molecule has 0 aromatic heterocycles. The molecule has 0 radical (unpaired) electrons. The first-order valence-electron chi connectivity index (χ1n) is 7.79. The lowest BCUT2D eigenvalue weighted by Crippen LogP contribution is -2.25. The quantitative estimate of drug-likeness (QED) is 0.781. The predicted molar refractivity (Wildman–Crippen MR) is 90.4 cm³/mol. The topological polar surface area (TPSA) is 15.6 Å². The van der Waals surface area contributed by atoms with Crippen molar-refractivity contribution >= 4 is 17.1 Å². The minimum Gasteiger partial charge on any atom is -0.365 e. The third-order valence-electron chi connectivity index (χ3n) is 4.05. The molecule has 1 heterocycles. The lowest BCUT2D eigenvalue weighted by atomic mass is 10.1. The van der Waals surface area contributed by atoms with E-state index in [0.29, 0.717) is 12.5 Å². The van der Waals surface area contributed by atoms with Gasteiger partial charge in [-0.3, -0.25) is 4.99 Å². The first kappa shape index (κ1) is 14.8. The molecule has 0 saturated heterocycles. The summed E-state index contributed by atoms with van der Waals surface area (Å²) in [6, 6.07) is 15.0. The summed E-state index contributed by atoms with van der Waals surface area (Å²) in [7, 11) is 0. The number of halogens is 1. The molecule has 0 unspecified atom stereocenters. The fraction of sp³-hybridized carbons (Fsp3) is 0.316. The molecule has 2 aromatic carbocycles. The van der Waals surface area contributed by atoms with E-state index in [9.17, 15) is 4.39 Å². The van der Waals surface area contributed by atoms with Crippen molar-refractivity contribution in [2.24, 2.45) is 10.9 Å². The van der Waals surface area contributed by atoms with E-state index < -0.39 is 0 Å². The average Bonchev–Trinajstić information content (AvgIpc) is 2.68. The van der Waals surface area contributed by atoms with Gasteiger partial charge < -0.3 is 4.90 Å². The van der Waals surface area contributed by atoms with E-state index >= 15 is 0 Å². The van der Waals surface area contributed by atoms with Gasteiger partial charge in [0.15, 0.2) is 0 Å². The van der Waals surface area contributed by atoms with Crippen LogP contribution < -0.4 is 4.90 Å². The van der Waals surface area contributed by atoms with Crippen LogP contribution in [0.1, 0.15) is 25.8 Å². The molecular formula is C19H21FN2. The summed E-state index contributed by atoms with van der Waals surface area (Å²) >= 11 is 0. The average molecular weight is 296 g/mol. The van der Waals surface area contributed by atoms with E-state index in [0.717, 1.165) is 29.9 Å². The van der Waals surface area contributed by atoms with E-state index in [1.54, 1.807) is 12.1 Å². The smallest absolute Gasteiger partial charge is 0.123 e. The highest BCUT2D eigenvalue weighted by Crippen LogP contribution is 2.33. The van der Waals surface area contributed by atoms with Gasteiger partial charge in [0.2, 0.25) is 0 Å². The Bertz CT molecular complexity index is 691. The summed E-state index contributed by atoms with van der Waals surface area (Å²) < 4.78 is 13.4. The first-order chi connectivity index (χ1) is 10.6. The SMILES string of the molecule is CC(C)C1=Nc2ccccc2N(Cc2cccc(F)c2)CC1. The van der Waals surface area contributed by atoms with Gasteiger partial charge in [0.05, 0.1) is 11.4 Å². The molecule has 0 amide bonds. The Hall–Kier alpha value is -2.16. The molecule has 0 spiro atoms. The van der Waals surface area contributed by atoms with Crippen molar-refractivity contribution in [2.45, 2.75) is 26.8 Å². The van der Waals surface area contributed by atoms with Crippen LogP contribution in [0.4, 0.5) is 15.8 Å². The Morgan fingerprint density at radius 3 is 2.73 bits per heavy atom. The van der Waals surface area contributed by atoms with Crippen molar-refractivity contribution in [1.82, 2.24) is 0 Å². The number of hydrogen-bond acceptors (Lipinski definition) is 2. The summed E-state index contributed by atoms with van der Waals surface area (Å²) in [6.45, 7) is 5.98. The van der Waals surface area contributed by atoms with Crippen LogP contribution in [-0.4, -0.2) is 12.3 Å². The van der Waals surface area contributed by atoms with Crippen LogP contribution in [0.15, 0.2) is 53.5 Å². The molecule has 2 aromatic rings. The van der Waals surface area contributed by atoms with Crippen molar-refractivity contribution in [2.75, 3.05) is 11.4 Å². The maximum Gasteiger partial charge on any atom is 0.123 e. The van der Waals surface area contributed by atoms with E-state index in [2.05, 4.69) is 30.9 Å². The minimum atomic E-state index is -0.181. The molecule has 0 N–H and O–H groups in total. The largest absolute Gasteiger partial charge is 0.365 e. The number of rotatable bonds is 3. The molecule has 3 heteroatoms. The maximum atomic E-state index is 13.4. The molecule has 0 aliphatic carbocycles. The van der Waals surface area contributed by atoms with Crippen LogP contribution in [0.2, 0.25) is 0 Å². The van der Waals surface area contributed by atoms with Gasteiger partial charge in [-0.15, -0.1) is 0 Å². The number of fused-ring (bicyclic) bond motifs is 1. The van der Waals surface area contributed by atoms with Crippen LogP contribution in [0.25, 0.3) is 0 Å². The van der Waals surface area contributed by atoms with Gasteiger partial charge in [-0.2, -0.15) is 0 Å². The van der Waals surface area contributed by atoms with E-state index in [4.69, 9.17) is 4.99 Å². The van der Waals surface area contributed by atoms with Crippen molar-refractivity contribution in [3.05, 3.63) is 59.9 Å². The molecule has 0 fully saturated rings. The van der Waals surface area contributed by atoms with Gasteiger partial charge >= 0.3 is 0 Å². The Morgan fingerprint density at radius 2 is 1.95 bits per heavy atom. The van der Waals surface area contributed by atoms with Gasteiger partial charge in [0.1, 0.15) is 5.82 Å². The summed E-state index contributed by atoms with van der Waals surface area (Å²) in [4.78, 5) is 7.14. The van der Waals surface area contributed by atoms with Crippen molar-refractivity contribution in [3.63, 3.8) is 0 Å². The summed E-state index contributed by atoms with van der Waals surface area (Å²) in [5, 5.41) is 0. The molecule has 2 nitrogen and oxygen atoms in total. The highest BCUT2D eigenvalue weighted by Gasteiger charge is 2.18. The van der Waals surface area contributed by atoms with Crippen LogP contribution >= 0.6 is 0 Å². The molecule has 3 rings (SSSR count). The van der Waals surface area contributed by atoms with Crippen LogP contribution in [0.5, 0.6) is 0 Å². The van der Waals surface area contributed by atoms with Crippen LogP contribution in [0.3, 0.4) is 0 Å². The normalized spacial score (nSPS) is 14.5. The highest BCUT2D eigenvalue weighted by atomic mass is 19.1. The van der Waals surface area contributed by atoms with Gasteiger partial charge in [-0.05, 0) is 35.7 Å². The Labute approximate surface area is 131 Å². The van der Waals surface area contributed by atoms with Crippen LogP contribution in [0, 0.1) is 11.7 Å². The van der Waals surface area contributed by atoms with Gasteiger partial charge in [0, 0.05) is 25.2 Å². The third kappa shape index (κ3) is 3.19. The van der Waals surface area contributed by atoms with E-state index in [1.165, 1.54) is 11.8 Å². The monoisotopic (exact) mass is 296 g/mol. The Morgan fingerprint density at radius 1 is 1.14 bits per heavy atom. The van der Waals surface area contributed by atoms with E-state index in [1.807, 2.05) is 18.2 Å². The van der Waals surface area contributed by atoms with Crippen LogP contribution in [-0.2, 0) is 6.54 Å². The molecule has 1 aliphatic rings. The molecule has 114 valence electrons. The number of aliphatic imine (C=N–C) groups is 1. The second-order valence-corrected chi connectivity index (χ2v) is 6.05. The molecule has 22 heavy (non-hydrogen) atoms. The zero-order valence-electron chi connectivity index (χ0n) is 13.1. The number of para-hydroxylation sites is 2. The fourth-order valence-electron chi connectivity index (χ4n) is 2.84. The fourth-order valence-corrected chi connectivity index (χ4v) is 2.84. The lowest BCUT2D eigenvalue weighted by Gasteiger charge is -2.24. The van der Waals surface area contributed by atoms with Gasteiger partial charge in [0.25, 0.3) is 0 Å². The van der Waals surface area contributed by atoms with Crippen molar-refractivity contribution in [1.29, 1.82) is 0 Å². The minimum absolute atomic E-state index is 0.181. The molecule has 0 saturated carbocycles. The van der Waals surface area contributed by atoms with Gasteiger partial charge in [-0.25, -0.2) is 4.39 Å². The zero-order chi connectivity index (χ0) is 15.5. The number of nitrogens with zero attached hydrogens (tertiary/aromatic N) is 2. The molecular weight excluding hydrogens is 275 g/mol. The molecule has 0 atom stereocenters. The Kier molecular flexibility index (Phi) is 4.23. The highest BCUT2D eigenvalue weighted by molar-refractivity contribution is 5.92. The maximum absolute atomic E-state index is 13.4. The van der Waals surface area contributed by atoms with Gasteiger partial charge in [-0.1, -0.05) is 38.1 Å². The Balaban J connectivity index is 1.92. The number of hydrogen-bond donors (Lipinski definition) is 0. The number of benzene rings is 2. The summed E-state index contributed by atoms with van der Waals surface area (Å²) in [6.07, 6.45) is 0.946. The first-order valence-corrected chi connectivity index (χ1v) is 7.79. The van der Waals surface area contributed by atoms with Crippen molar-refractivity contribution < 1.29 is 4.39 Å². The zero-order valence-corrected chi connectivity index (χ0v) is 13.1. The summed E-state index contributed by atoms with van der Waals surface area (Å²) in [5.74, 6) is 0.266. The second kappa shape index (κ2) is 6.30. The predicted octanol–water partition coefficient (Wildman–Crippen LogP) is 4.96. The van der Waals surface area contributed by atoms with Crippen molar-refractivity contribution in [3.8, 4) is 0 Å². The summed E-state index contributed by atoms with van der Waals surface area (Å²) in [5.41, 5.74) is 4.36. The molecule has 0 bridgehead atoms. The lowest BCUT2D eigenvalue weighted by molar-refractivity contribution is 0.624. The van der Waals surface area contributed by atoms with E-state index in [-0.39, 0.29) is 5.82 Å². The standard InChI is InChI=1S/C19H21FN2/c1-14(2)17-10-11-22(13-15-6-5-7-16(20)12-15)19-9-4-3-8-18(19)21-17/h3-9,12,14H,10-11,13H2,1-2H3. The third-order valence-corrected chi connectivity index (χ3v) is 4.05.